The molecule has 0 fully saturated rings. The predicted molar refractivity (Wildman–Crippen MR) is 102 cm³/mol. The van der Waals surface area contributed by atoms with Gasteiger partial charge in [-0.3, -0.25) is 0 Å². The maximum atomic E-state index is 6.08. The molecule has 4 aromatic rings. The number of fused-ring (bicyclic) bond motifs is 1. The number of nitrogens with zero attached hydrogens (tertiary/aromatic N) is 5. The highest BCUT2D eigenvalue weighted by Gasteiger charge is 2.16. The Morgan fingerprint density at radius 1 is 1.15 bits per heavy atom. The van der Waals surface area contributed by atoms with Gasteiger partial charge in [0.25, 0.3) is 0 Å². The van der Waals surface area contributed by atoms with Crippen LogP contribution >= 0.6 is 11.6 Å². The molecule has 1 aromatic carbocycles. The van der Waals surface area contributed by atoms with Crippen LogP contribution in [0.2, 0.25) is 5.02 Å². The van der Waals surface area contributed by atoms with Gasteiger partial charge in [0.1, 0.15) is 12.1 Å². The van der Waals surface area contributed by atoms with Crippen molar-refractivity contribution in [1.82, 2.24) is 24.6 Å². The van der Waals surface area contributed by atoms with E-state index in [9.17, 15) is 0 Å². The van der Waals surface area contributed by atoms with Crippen LogP contribution in [0.25, 0.3) is 16.9 Å². The Labute approximate surface area is 154 Å². The van der Waals surface area contributed by atoms with Crippen LogP contribution in [0.5, 0.6) is 0 Å². The van der Waals surface area contributed by atoms with E-state index in [1.165, 1.54) is 6.33 Å². The van der Waals surface area contributed by atoms with Crippen molar-refractivity contribution in [2.45, 2.75) is 13.0 Å². The third kappa shape index (κ3) is 3.04. The molecule has 26 heavy (non-hydrogen) atoms. The fourth-order valence-electron chi connectivity index (χ4n) is 2.78. The number of benzene rings is 1. The van der Waals surface area contributed by atoms with Crippen molar-refractivity contribution in [2.75, 3.05) is 11.1 Å². The molecule has 3 aromatic heterocycles. The van der Waals surface area contributed by atoms with E-state index in [1.807, 2.05) is 30.3 Å². The second kappa shape index (κ2) is 6.61. The van der Waals surface area contributed by atoms with E-state index < -0.39 is 0 Å². The first-order chi connectivity index (χ1) is 12.6. The maximum absolute atomic E-state index is 6.08. The number of hydrogen-bond acceptors (Lipinski definition) is 6. The summed E-state index contributed by atoms with van der Waals surface area (Å²) in [4.78, 5) is 13.0. The molecule has 3 heterocycles. The molecule has 0 bridgehead atoms. The molecule has 0 radical (unpaired) electrons. The van der Waals surface area contributed by atoms with Crippen LogP contribution in [-0.2, 0) is 0 Å². The number of nitrogens with one attached hydrogen (secondary N) is 1. The van der Waals surface area contributed by atoms with E-state index in [1.54, 1.807) is 23.0 Å². The largest absolute Gasteiger partial charge is 0.382 e. The Kier molecular flexibility index (Phi) is 4.14. The zero-order valence-electron chi connectivity index (χ0n) is 14.0. The number of aromatic nitrogens is 5. The second-order valence-electron chi connectivity index (χ2n) is 5.85. The summed E-state index contributed by atoms with van der Waals surface area (Å²) in [6.45, 7) is 2.05. The van der Waals surface area contributed by atoms with Crippen molar-refractivity contribution in [3.05, 3.63) is 65.7 Å². The predicted octanol–water partition coefficient (Wildman–Crippen LogP) is 3.60. The molecule has 130 valence electrons. The van der Waals surface area contributed by atoms with Gasteiger partial charge < -0.3 is 11.1 Å². The van der Waals surface area contributed by atoms with E-state index in [-0.39, 0.29) is 6.04 Å². The van der Waals surface area contributed by atoms with Crippen LogP contribution < -0.4 is 11.1 Å². The molecule has 0 saturated heterocycles. The first kappa shape index (κ1) is 16.3. The SMILES string of the molecule is CC(Nc1cc(-c2c(N)nn3cccnc23)ncn1)c1ccc(Cl)cc1. The summed E-state index contributed by atoms with van der Waals surface area (Å²) in [7, 11) is 0. The smallest absolute Gasteiger partial charge is 0.166 e. The normalized spacial score (nSPS) is 12.2. The zero-order chi connectivity index (χ0) is 18.1. The molecule has 0 amide bonds. The van der Waals surface area contributed by atoms with E-state index in [4.69, 9.17) is 17.3 Å². The van der Waals surface area contributed by atoms with Gasteiger partial charge >= 0.3 is 0 Å². The van der Waals surface area contributed by atoms with Crippen LogP contribution in [0.1, 0.15) is 18.5 Å². The number of nitrogen functional groups attached to an aromatic ring is 1. The maximum Gasteiger partial charge on any atom is 0.166 e. The number of anilines is 2. The van der Waals surface area contributed by atoms with Gasteiger partial charge in [-0.05, 0) is 30.7 Å². The van der Waals surface area contributed by atoms with Crippen molar-refractivity contribution < 1.29 is 0 Å². The van der Waals surface area contributed by atoms with Crippen LogP contribution in [0.3, 0.4) is 0 Å². The summed E-state index contributed by atoms with van der Waals surface area (Å²) in [6, 6.07) is 11.4. The van der Waals surface area contributed by atoms with Gasteiger partial charge in [0, 0.05) is 29.5 Å². The van der Waals surface area contributed by atoms with Crippen molar-refractivity contribution in [3.63, 3.8) is 0 Å². The lowest BCUT2D eigenvalue weighted by Crippen LogP contribution is -2.08. The highest BCUT2D eigenvalue weighted by Crippen LogP contribution is 2.29. The third-order valence-corrected chi connectivity index (χ3v) is 4.33. The molecule has 0 aliphatic carbocycles. The number of nitrogens with two attached hydrogens (primary N) is 1. The molecule has 0 aliphatic rings. The van der Waals surface area contributed by atoms with E-state index in [0.717, 1.165) is 5.56 Å². The minimum absolute atomic E-state index is 0.0504. The number of rotatable bonds is 4. The van der Waals surface area contributed by atoms with Gasteiger partial charge in [-0.25, -0.2) is 19.5 Å². The molecular weight excluding hydrogens is 350 g/mol. The minimum atomic E-state index is 0.0504. The van der Waals surface area contributed by atoms with Gasteiger partial charge in [0.05, 0.1) is 11.3 Å². The van der Waals surface area contributed by atoms with Gasteiger partial charge in [0.2, 0.25) is 0 Å². The second-order valence-corrected chi connectivity index (χ2v) is 6.29. The highest BCUT2D eigenvalue weighted by molar-refractivity contribution is 6.30. The minimum Gasteiger partial charge on any atom is -0.382 e. The van der Waals surface area contributed by atoms with Crippen molar-refractivity contribution in [1.29, 1.82) is 0 Å². The van der Waals surface area contributed by atoms with Gasteiger partial charge in [-0.2, -0.15) is 0 Å². The van der Waals surface area contributed by atoms with Gasteiger partial charge in [-0.15, -0.1) is 5.10 Å². The van der Waals surface area contributed by atoms with E-state index in [0.29, 0.717) is 33.6 Å². The summed E-state index contributed by atoms with van der Waals surface area (Å²) in [5.41, 5.74) is 9.19. The Balaban J connectivity index is 1.66. The molecular formula is C18H16ClN7. The fraction of sp³-hybridized carbons (Fsp3) is 0.111. The summed E-state index contributed by atoms with van der Waals surface area (Å²) >= 11 is 5.95. The number of hydrogen-bond donors (Lipinski definition) is 2. The summed E-state index contributed by atoms with van der Waals surface area (Å²) < 4.78 is 1.64. The van der Waals surface area contributed by atoms with Crippen molar-refractivity contribution in [2.24, 2.45) is 0 Å². The van der Waals surface area contributed by atoms with Crippen LogP contribution in [0.15, 0.2) is 55.1 Å². The topological polar surface area (TPSA) is 94.0 Å². The average molecular weight is 366 g/mol. The zero-order valence-corrected chi connectivity index (χ0v) is 14.7. The molecule has 0 aliphatic heterocycles. The molecule has 7 nitrogen and oxygen atoms in total. The fourth-order valence-corrected chi connectivity index (χ4v) is 2.91. The first-order valence-corrected chi connectivity index (χ1v) is 8.43. The van der Waals surface area contributed by atoms with Gasteiger partial charge in [-0.1, -0.05) is 23.7 Å². The Bertz CT molecular complexity index is 1060. The lowest BCUT2D eigenvalue weighted by molar-refractivity contribution is 0.872. The van der Waals surface area contributed by atoms with Crippen LogP contribution in [-0.4, -0.2) is 24.6 Å². The first-order valence-electron chi connectivity index (χ1n) is 8.05. The molecule has 1 atom stereocenters. The monoisotopic (exact) mass is 365 g/mol. The molecule has 0 saturated carbocycles. The number of halogens is 1. The Morgan fingerprint density at radius 2 is 1.96 bits per heavy atom. The standard InChI is InChI=1S/C18H16ClN7/c1-11(12-3-5-13(19)6-4-12)24-15-9-14(22-10-23-15)16-17(20)25-26-8-2-7-21-18(16)26/h2-11H,1H3,(H2,20,25)(H,22,23,24). The van der Waals surface area contributed by atoms with Crippen molar-refractivity contribution in [3.8, 4) is 11.3 Å². The molecule has 1 unspecified atom stereocenters. The lowest BCUT2D eigenvalue weighted by Gasteiger charge is -2.15. The van der Waals surface area contributed by atoms with E-state index in [2.05, 4.69) is 32.3 Å². The summed E-state index contributed by atoms with van der Waals surface area (Å²) in [6.07, 6.45) is 4.99. The van der Waals surface area contributed by atoms with Crippen LogP contribution in [0.4, 0.5) is 11.6 Å². The molecule has 0 spiro atoms. The Morgan fingerprint density at radius 3 is 2.77 bits per heavy atom. The molecule has 4 rings (SSSR count). The Hall–Kier alpha value is -3.19. The highest BCUT2D eigenvalue weighted by atomic mass is 35.5. The van der Waals surface area contributed by atoms with Crippen molar-refractivity contribution >= 4 is 28.9 Å². The van der Waals surface area contributed by atoms with E-state index >= 15 is 0 Å². The molecule has 8 heteroatoms. The lowest BCUT2D eigenvalue weighted by atomic mass is 10.1. The quantitative estimate of drug-likeness (QED) is 0.574. The van der Waals surface area contributed by atoms with Gasteiger partial charge in [0.15, 0.2) is 11.5 Å². The summed E-state index contributed by atoms with van der Waals surface area (Å²) in [5.74, 6) is 1.06. The molecule has 3 N–H and O–H groups in total. The average Bonchev–Trinajstić information content (AvgIpc) is 2.98. The third-order valence-electron chi connectivity index (χ3n) is 4.08. The summed E-state index contributed by atoms with van der Waals surface area (Å²) in [5, 5.41) is 8.35. The van der Waals surface area contributed by atoms with Crippen LogP contribution in [0, 0.1) is 0 Å².